The Balaban J connectivity index is 1.32. The zero-order valence-corrected chi connectivity index (χ0v) is 15.7. The van der Waals surface area contributed by atoms with Crippen LogP contribution in [-0.4, -0.2) is 42.5 Å². The monoisotopic (exact) mass is 335 g/mol. The van der Waals surface area contributed by atoms with Gasteiger partial charge in [0.05, 0.1) is 12.7 Å². The van der Waals surface area contributed by atoms with Gasteiger partial charge in [0, 0.05) is 25.4 Å². The average Bonchev–Trinajstić information content (AvgIpc) is 3.02. The maximum absolute atomic E-state index is 6.60. The quantitative estimate of drug-likeness (QED) is 0.740. The van der Waals surface area contributed by atoms with Crippen molar-refractivity contribution in [3.8, 4) is 0 Å². The summed E-state index contributed by atoms with van der Waals surface area (Å²) in [7, 11) is 0. The fraction of sp³-hybridized carbons (Fsp3) is 1.00. The first-order chi connectivity index (χ1) is 11.8. The molecule has 0 aromatic rings. The van der Waals surface area contributed by atoms with Gasteiger partial charge in [0.2, 0.25) is 0 Å². The molecule has 4 rings (SSSR count). The van der Waals surface area contributed by atoms with E-state index in [9.17, 15) is 0 Å². The normalized spacial score (nSPS) is 41.0. The first kappa shape index (κ1) is 17.3. The van der Waals surface area contributed by atoms with Gasteiger partial charge >= 0.3 is 0 Å². The van der Waals surface area contributed by atoms with Gasteiger partial charge < -0.3 is 9.47 Å². The Kier molecular flexibility index (Phi) is 5.50. The van der Waals surface area contributed by atoms with Crippen LogP contribution < -0.4 is 0 Å². The van der Waals surface area contributed by atoms with Crippen molar-refractivity contribution < 1.29 is 9.47 Å². The Morgan fingerprint density at radius 2 is 1.67 bits per heavy atom. The standard InChI is InChI=1S/C21H37NO2/c1-2-22(19-10-4-3-5-11-19)15-20-16-23-21(24-20)13-12-17-8-6-7-9-18(17)14-21/h17-20H,2-16H2,1H3. The largest absolute Gasteiger partial charge is 0.347 e. The molecule has 3 nitrogen and oxygen atoms in total. The van der Waals surface area contributed by atoms with E-state index in [2.05, 4.69) is 11.8 Å². The van der Waals surface area contributed by atoms with Crippen LogP contribution in [0.3, 0.4) is 0 Å². The summed E-state index contributed by atoms with van der Waals surface area (Å²) in [6.07, 6.45) is 16.7. The van der Waals surface area contributed by atoms with Crippen LogP contribution in [0.2, 0.25) is 0 Å². The van der Waals surface area contributed by atoms with Crippen molar-refractivity contribution in [2.45, 2.75) is 102 Å². The topological polar surface area (TPSA) is 21.7 Å². The van der Waals surface area contributed by atoms with Crippen molar-refractivity contribution in [3.63, 3.8) is 0 Å². The summed E-state index contributed by atoms with van der Waals surface area (Å²) < 4.78 is 12.9. The maximum Gasteiger partial charge on any atom is 0.169 e. The summed E-state index contributed by atoms with van der Waals surface area (Å²) in [5.74, 6) is 1.62. The smallest absolute Gasteiger partial charge is 0.169 e. The zero-order valence-electron chi connectivity index (χ0n) is 15.7. The number of hydrogen-bond acceptors (Lipinski definition) is 3. The number of likely N-dealkylation sites (N-methyl/N-ethyl adjacent to an activating group) is 1. The van der Waals surface area contributed by atoms with Crippen molar-refractivity contribution in [1.29, 1.82) is 0 Å². The Morgan fingerprint density at radius 1 is 0.917 bits per heavy atom. The maximum atomic E-state index is 6.60. The van der Waals surface area contributed by atoms with E-state index >= 15 is 0 Å². The second kappa shape index (κ2) is 7.63. The van der Waals surface area contributed by atoms with Crippen molar-refractivity contribution in [3.05, 3.63) is 0 Å². The van der Waals surface area contributed by atoms with Gasteiger partial charge in [-0.2, -0.15) is 0 Å². The molecule has 1 saturated heterocycles. The van der Waals surface area contributed by atoms with Gasteiger partial charge in [-0.15, -0.1) is 0 Å². The Labute approximate surface area is 148 Å². The minimum Gasteiger partial charge on any atom is -0.347 e. The summed E-state index contributed by atoms with van der Waals surface area (Å²) in [6, 6.07) is 0.790. The molecule has 0 bridgehead atoms. The van der Waals surface area contributed by atoms with Gasteiger partial charge in [-0.3, -0.25) is 4.90 Å². The van der Waals surface area contributed by atoms with Crippen LogP contribution in [-0.2, 0) is 9.47 Å². The summed E-state index contributed by atoms with van der Waals surface area (Å²) in [6.45, 7) is 5.37. The summed E-state index contributed by atoms with van der Waals surface area (Å²) in [4.78, 5) is 2.68. The molecule has 0 N–H and O–H groups in total. The zero-order chi connectivity index (χ0) is 16.4. The Hall–Kier alpha value is -0.120. The summed E-state index contributed by atoms with van der Waals surface area (Å²) >= 11 is 0. The molecule has 1 spiro atoms. The molecular weight excluding hydrogens is 298 g/mol. The molecule has 0 radical (unpaired) electrons. The minimum absolute atomic E-state index is 0.213. The molecule has 138 valence electrons. The molecule has 3 heteroatoms. The van der Waals surface area contributed by atoms with Crippen molar-refractivity contribution in [2.75, 3.05) is 19.7 Å². The van der Waals surface area contributed by atoms with Crippen molar-refractivity contribution in [1.82, 2.24) is 4.90 Å². The molecule has 0 amide bonds. The molecule has 3 saturated carbocycles. The van der Waals surface area contributed by atoms with Crippen molar-refractivity contribution in [2.24, 2.45) is 11.8 Å². The highest BCUT2D eigenvalue weighted by Crippen LogP contribution is 2.48. The molecule has 0 aromatic heterocycles. The van der Waals surface area contributed by atoms with Gasteiger partial charge in [0.15, 0.2) is 5.79 Å². The van der Waals surface area contributed by atoms with Crippen LogP contribution in [0.5, 0.6) is 0 Å². The van der Waals surface area contributed by atoms with Gasteiger partial charge in [-0.05, 0) is 44.1 Å². The van der Waals surface area contributed by atoms with Crippen LogP contribution >= 0.6 is 0 Å². The minimum atomic E-state index is -0.213. The third-order valence-corrected chi connectivity index (χ3v) is 7.38. The number of hydrogen-bond donors (Lipinski definition) is 0. The lowest BCUT2D eigenvalue weighted by Gasteiger charge is -2.43. The predicted molar refractivity (Wildman–Crippen MR) is 97.0 cm³/mol. The Morgan fingerprint density at radius 3 is 2.46 bits per heavy atom. The number of nitrogens with zero attached hydrogens (tertiary/aromatic N) is 1. The SMILES string of the molecule is CCN(CC1COC2(CCC3CCCCC3C2)O1)C1CCCCC1. The Bertz CT molecular complexity index is 409. The summed E-state index contributed by atoms with van der Waals surface area (Å²) in [5.41, 5.74) is 0. The van der Waals surface area contributed by atoms with E-state index in [0.29, 0.717) is 6.10 Å². The average molecular weight is 336 g/mol. The van der Waals surface area contributed by atoms with E-state index in [1.807, 2.05) is 0 Å². The van der Waals surface area contributed by atoms with E-state index < -0.39 is 0 Å². The fourth-order valence-electron chi connectivity index (χ4n) is 6.03. The molecule has 4 atom stereocenters. The van der Waals surface area contributed by atoms with Crippen LogP contribution in [0.15, 0.2) is 0 Å². The molecule has 4 aliphatic rings. The first-order valence-corrected chi connectivity index (χ1v) is 10.8. The van der Waals surface area contributed by atoms with Gasteiger partial charge in [-0.1, -0.05) is 45.4 Å². The molecule has 1 heterocycles. The van der Waals surface area contributed by atoms with E-state index in [0.717, 1.165) is 44.0 Å². The van der Waals surface area contributed by atoms with E-state index in [1.54, 1.807) is 0 Å². The third-order valence-electron chi connectivity index (χ3n) is 7.38. The van der Waals surface area contributed by atoms with Crippen LogP contribution in [0.25, 0.3) is 0 Å². The molecule has 4 unspecified atom stereocenters. The van der Waals surface area contributed by atoms with E-state index in [-0.39, 0.29) is 5.79 Å². The van der Waals surface area contributed by atoms with Gasteiger partial charge in [0.1, 0.15) is 0 Å². The fourth-order valence-corrected chi connectivity index (χ4v) is 6.03. The lowest BCUT2D eigenvalue weighted by atomic mass is 9.69. The molecule has 24 heavy (non-hydrogen) atoms. The highest BCUT2D eigenvalue weighted by Gasteiger charge is 2.48. The van der Waals surface area contributed by atoms with Crippen LogP contribution in [0.4, 0.5) is 0 Å². The van der Waals surface area contributed by atoms with Crippen molar-refractivity contribution >= 4 is 0 Å². The lowest BCUT2D eigenvalue weighted by Crippen LogP contribution is -2.44. The molecular formula is C21H37NO2. The second-order valence-electron chi connectivity index (χ2n) is 8.89. The van der Waals surface area contributed by atoms with Gasteiger partial charge in [-0.25, -0.2) is 0 Å². The molecule has 0 aromatic carbocycles. The van der Waals surface area contributed by atoms with E-state index in [1.165, 1.54) is 70.6 Å². The van der Waals surface area contributed by atoms with Crippen LogP contribution in [0, 0.1) is 11.8 Å². The lowest BCUT2D eigenvalue weighted by molar-refractivity contribution is -0.208. The predicted octanol–water partition coefficient (Wildman–Crippen LogP) is 4.74. The molecule has 3 aliphatic carbocycles. The highest BCUT2D eigenvalue weighted by atomic mass is 16.7. The first-order valence-electron chi connectivity index (χ1n) is 10.8. The number of rotatable bonds is 4. The number of fused-ring (bicyclic) bond motifs is 1. The summed E-state index contributed by atoms with van der Waals surface area (Å²) in [5, 5.41) is 0. The highest BCUT2D eigenvalue weighted by molar-refractivity contribution is 4.92. The number of ether oxygens (including phenoxy) is 2. The molecule has 4 fully saturated rings. The van der Waals surface area contributed by atoms with Crippen LogP contribution in [0.1, 0.15) is 84.0 Å². The molecule has 1 aliphatic heterocycles. The van der Waals surface area contributed by atoms with Gasteiger partial charge in [0.25, 0.3) is 0 Å². The second-order valence-corrected chi connectivity index (χ2v) is 8.89. The van der Waals surface area contributed by atoms with E-state index in [4.69, 9.17) is 9.47 Å². The third kappa shape index (κ3) is 3.68.